The van der Waals surface area contributed by atoms with Crippen LogP contribution in [-0.2, 0) is 24.1 Å². The number of hydrogen-bond acceptors (Lipinski definition) is 7. The molecule has 0 spiro atoms. The molecule has 0 fully saturated rings. The monoisotopic (exact) mass is 340 g/mol. The highest BCUT2D eigenvalue weighted by molar-refractivity contribution is 7.94. The highest BCUT2D eigenvalue weighted by Crippen LogP contribution is 2.15. The Labute approximate surface area is 133 Å². The number of nitrogens with one attached hydrogen (secondary N) is 1. The van der Waals surface area contributed by atoms with Crippen molar-refractivity contribution in [3.8, 4) is 0 Å². The van der Waals surface area contributed by atoms with E-state index in [-0.39, 0.29) is 16.2 Å². The molecule has 0 heterocycles. The number of esters is 1. The minimum Gasteiger partial charge on any atom is -0.465 e. The van der Waals surface area contributed by atoms with E-state index in [0.29, 0.717) is 0 Å². The summed E-state index contributed by atoms with van der Waals surface area (Å²) in [4.78, 5) is 22.8. The van der Waals surface area contributed by atoms with Crippen LogP contribution in [0.2, 0.25) is 0 Å². The number of amides is 1. The van der Waals surface area contributed by atoms with Gasteiger partial charge >= 0.3 is 12.1 Å². The molecule has 124 valence electrons. The average molecular weight is 340 g/mol. The molecule has 1 aromatic rings. The molecular weight excluding hydrogens is 324 g/mol. The second-order valence-corrected chi connectivity index (χ2v) is 5.98. The molecule has 1 N–H and O–H groups in total. The number of methoxy groups -OCH3 is 2. The maximum absolute atomic E-state index is 12.3. The number of benzene rings is 1. The van der Waals surface area contributed by atoms with Crippen molar-refractivity contribution in [1.82, 2.24) is 5.43 Å². The fourth-order valence-corrected chi connectivity index (χ4v) is 2.71. The lowest BCUT2D eigenvalue weighted by atomic mass is 10.2. The summed E-state index contributed by atoms with van der Waals surface area (Å²) in [5.41, 5.74) is 1.63. The van der Waals surface area contributed by atoms with Crippen LogP contribution in [0.1, 0.15) is 6.92 Å². The Kier molecular flexibility index (Phi) is 6.46. The molecule has 0 aliphatic carbocycles. The number of ether oxygens (including phenoxy) is 2. The molecule has 1 aromatic carbocycles. The summed E-state index contributed by atoms with van der Waals surface area (Å²) in [5, 5.41) is 4.34. The van der Waals surface area contributed by atoms with Gasteiger partial charge < -0.3 is 9.47 Å². The molecule has 0 saturated heterocycles. The predicted octanol–water partition coefficient (Wildman–Crippen LogP) is 1.25. The minimum atomic E-state index is -3.89. The second-order valence-electron chi connectivity index (χ2n) is 4.18. The van der Waals surface area contributed by atoms with E-state index in [9.17, 15) is 18.0 Å². The van der Waals surface area contributed by atoms with Gasteiger partial charge in [0.2, 0.25) is 9.84 Å². The van der Waals surface area contributed by atoms with Crippen molar-refractivity contribution in [1.29, 1.82) is 0 Å². The maximum Gasteiger partial charge on any atom is 0.427 e. The van der Waals surface area contributed by atoms with Gasteiger partial charge in [0.15, 0.2) is 0 Å². The van der Waals surface area contributed by atoms with Crippen LogP contribution in [0.25, 0.3) is 0 Å². The Morgan fingerprint density at radius 1 is 1.13 bits per heavy atom. The van der Waals surface area contributed by atoms with E-state index in [1.54, 1.807) is 18.2 Å². The van der Waals surface area contributed by atoms with Gasteiger partial charge in [-0.3, -0.25) is 0 Å². The van der Waals surface area contributed by atoms with Crippen LogP contribution in [0.4, 0.5) is 4.79 Å². The minimum absolute atomic E-state index is 0.00938. The third kappa shape index (κ3) is 5.22. The van der Waals surface area contributed by atoms with Crippen LogP contribution in [0, 0.1) is 0 Å². The second kappa shape index (κ2) is 8.08. The van der Waals surface area contributed by atoms with Gasteiger partial charge in [0.1, 0.15) is 0 Å². The SMILES string of the molecule is COC(=O)N/N=C(C)/C(=C\S(=O)(=O)c1ccccc1)C(=O)OC. The third-order valence-electron chi connectivity index (χ3n) is 2.64. The topological polar surface area (TPSA) is 111 Å². The number of hydrazone groups is 1. The average Bonchev–Trinajstić information content (AvgIpc) is 2.57. The first-order valence-electron chi connectivity index (χ1n) is 6.30. The summed E-state index contributed by atoms with van der Waals surface area (Å²) < 4.78 is 33.5. The van der Waals surface area contributed by atoms with Crippen molar-refractivity contribution in [2.75, 3.05) is 14.2 Å². The zero-order valence-corrected chi connectivity index (χ0v) is 13.6. The highest BCUT2D eigenvalue weighted by atomic mass is 32.2. The van der Waals surface area contributed by atoms with Crippen molar-refractivity contribution < 1.29 is 27.5 Å². The molecule has 0 unspecified atom stereocenters. The Hall–Kier alpha value is -2.68. The first-order chi connectivity index (χ1) is 10.8. The summed E-state index contributed by atoms with van der Waals surface area (Å²) in [5.74, 6) is -0.905. The Morgan fingerprint density at radius 3 is 2.26 bits per heavy atom. The van der Waals surface area contributed by atoms with Gasteiger partial charge in [-0.25, -0.2) is 23.4 Å². The molecule has 0 bridgehead atoms. The predicted molar refractivity (Wildman–Crippen MR) is 82.4 cm³/mol. The van der Waals surface area contributed by atoms with E-state index in [2.05, 4.69) is 14.6 Å². The fraction of sp³-hybridized carbons (Fsp3) is 0.214. The van der Waals surface area contributed by atoms with Crippen molar-refractivity contribution in [3.05, 3.63) is 41.3 Å². The van der Waals surface area contributed by atoms with Gasteiger partial charge in [0.05, 0.1) is 35.8 Å². The van der Waals surface area contributed by atoms with Crippen LogP contribution in [0.5, 0.6) is 0 Å². The van der Waals surface area contributed by atoms with E-state index in [0.717, 1.165) is 19.6 Å². The smallest absolute Gasteiger partial charge is 0.427 e. The summed E-state index contributed by atoms with van der Waals surface area (Å²) in [6, 6.07) is 7.55. The van der Waals surface area contributed by atoms with E-state index < -0.39 is 21.9 Å². The molecular formula is C14H16N2O6S. The Bertz CT molecular complexity index is 738. The molecule has 0 radical (unpaired) electrons. The molecule has 0 aliphatic rings. The van der Waals surface area contributed by atoms with Gasteiger partial charge in [0, 0.05) is 0 Å². The number of carbonyl (C=O) groups excluding carboxylic acids is 2. The zero-order chi connectivity index (χ0) is 17.5. The lowest BCUT2D eigenvalue weighted by Crippen LogP contribution is -2.21. The van der Waals surface area contributed by atoms with Crippen LogP contribution in [0.15, 0.2) is 51.3 Å². The molecule has 9 heteroatoms. The molecule has 0 saturated carbocycles. The van der Waals surface area contributed by atoms with Crippen LogP contribution in [-0.4, -0.2) is 40.4 Å². The van der Waals surface area contributed by atoms with Crippen LogP contribution in [0.3, 0.4) is 0 Å². The Morgan fingerprint density at radius 2 is 1.74 bits per heavy atom. The van der Waals surface area contributed by atoms with E-state index in [4.69, 9.17) is 0 Å². The molecule has 0 aromatic heterocycles. The maximum atomic E-state index is 12.3. The number of sulfone groups is 1. The lowest BCUT2D eigenvalue weighted by Gasteiger charge is -2.06. The first-order valence-corrected chi connectivity index (χ1v) is 7.85. The largest absolute Gasteiger partial charge is 0.465 e. The lowest BCUT2D eigenvalue weighted by molar-refractivity contribution is -0.135. The molecule has 0 atom stereocenters. The van der Waals surface area contributed by atoms with Gasteiger partial charge in [-0.05, 0) is 19.1 Å². The quantitative estimate of drug-likeness (QED) is 0.374. The van der Waals surface area contributed by atoms with E-state index in [1.807, 2.05) is 5.43 Å². The summed E-state index contributed by atoms with van der Waals surface area (Å²) in [7, 11) is -1.65. The fourth-order valence-electron chi connectivity index (χ4n) is 1.46. The highest BCUT2D eigenvalue weighted by Gasteiger charge is 2.20. The van der Waals surface area contributed by atoms with Gasteiger partial charge in [-0.2, -0.15) is 5.10 Å². The molecule has 1 amide bonds. The van der Waals surface area contributed by atoms with Gasteiger partial charge in [0.25, 0.3) is 0 Å². The molecule has 0 aliphatic heterocycles. The van der Waals surface area contributed by atoms with Crippen LogP contribution >= 0.6 is 0 Å². The zero-order valence-electron chi connectivity index (χ0n) is 12.8. The third-order valence-corrected chi connectivity index (χ3v) is 4.12. The van der Waals surface area contributed by atoms with Crippen molar-refractivity contribution in [2.45, 2.75) is 11.8 Å². The first kappa shape index (κ1) is 18.4. The molecule has 1 rings (SSSR count). The summed E-state index contributed by atoms with van der Waals surface area (Å²) >= 11 is 0. The summed E-state index contributed by atoms with van der Waals surface area (Å²) in [6.45, 7) is 1.35. The molecule has 23 heavy (non-hydrogen) atoms. The van der Waals surface area contributed by atoms with Crippen molar-refractivity contribution >= 4 is 27.6 Å². The number of hydrogen-bond donors (Lipinski definition) is 1. The standard InChI is InChI=1S/C14H16N2O6S/c1-10(15-16-14(18)22-3)12(13(17)21-2)9-23(19,20)11-7-5-4-6-8-11/h4-9H,1-3H3,(H,16,18)/b12-9+,15-10+. The Balaban J connectivity index is 3.26. The normalized spacial score (nSPS) is 12.5. The van der Waals surface area contributed by atoms with Crippen molar-refractivity contribution in [2.24, 2.45) is 5.10 Å². The van der Waals surface area contributed by atoms with Crippen LogP contribution < -0.4 is 5.43 Å². The number of carbonyl (C=O) groups is 2. The number of nitrogens with zero attached hydrogens (tertiary/aromatic N) is 1. The van der Waals surface area contributed by atoms with E-state index >= 15 is 0 Å². The number of rotatable bonds is 5. The van der Waals surface area contributed by atoms with Gasteiger partial charge in [-0.1, -0.05) is 18.2 Å². The van der Waals surface area contributed by atoms with Gasteiger partial charge in [-0.15, -0.1) is 0 Å². The summed E-state index contributed by atoms with van der Waals surface area (Å²) in [6.07, 6.45) is -0.862. The van der Waals surface area contributed by atoms with Crippen molar-refractivity contribution in [3.63, 3.8) is 0 Å². The molecule has 8 nitrogen and oxygen atoms in total. The van der Waals surface area contributed by atoms with E-state index in [1.165, 1.54) is 19.1 Å².